The molecule has 68 heavy (non-hydrogen) atoms. The molecule has 4 unspecified atom stereocenters. The van der Waals surface area contributed by atoms with Crippen LogP contribution in [0.25, 0.3) is 10.8 Å². The van der Waals surface area contributed by atoms with Crippen LogP contribution in [-0.2, 0) is 51.2 Å². The molecular weight excluding hydrogens is 869 g/mol. The molecule has 1 saturated heterocycles. The van der Waals surface area contributed by atoms with E-state index in [2.05, 4.69) is 42.5 Å². The van der Waals surface area contributed by atoms with Crippen molar-refractivity contribution in [3.8, 4) is 0 Å². The maximum Gasteiger partial charge on any atom is 0.246 e. The number of amides is 7. The Hall–Kier alpha value is -7.27. The zero-order chi connectivity index (χ0) is 50.4. The highest BCUT2D eigenvalue weighted by Gasteiger charge is 2.43. The molecule has 5 rings (SSSR count). The molecule has 1 aliphatic rings. The zero-order valence-corrected chi connectivity index (χ0v) is 40.1. The number of nitrogens with one attached hydrogen (secondary N) is 8. The molecule has 4 aromatic carbocycles. The Morgan fingerprint density at radius 2 is 0.926 bits per heavy atom. The van der Waals surface area contributed by atoms with Crippen molar-refractivity contribution in [3.63, 3.8) is 0 Å². The fourth-order valence-electron chi connectivity index (χ4n) is 7.49. The molecule has 0 aromatic heterocycles. The van der Waals surface area contributed by atoms with Gasteiger partial charge in [-0.15, -0.1) is 0 Å². The monoisotopic (exact) mass is 930 g/mol. The van der Waals surface area contributed by atoms with E-state index in [1.54, 1.807) is 54.6 Å². The van der Waals surface area contributed by atoms with Crippen LogP contribution in [0.4, 0.5) is 0 Å². The number of carbonyl (C=O) groups is 9. The van der Waals surface area contributed by atoms with E-state index in [0.29, 0.717) is 28.5 Å². The van der Waals surface area contributed by atoms with Gasteiger partial charge in [0.2, 0.25) is 41.4 Å². The normalized spacial score (nSPS) is 23.9. The summed E-state index contributed by atoms with van der Waals surface area (Å²) in [5, 5.41) is 23.3. The molecule has 1 fully saturated rings. The minimum Gasteiger partial charge on any atom is -0.343 e. The number of carbonyl (C=O) groups excluding carboxylic acids is 9. The second kappa shape index (κ2) is 20.3. The molecule has 4 atom stereocenters. The smallest absolute Gasteiger partial charge is 0.246 e. The fraction of sp³-hybridized carbons (Fsp3) is 0.392. The molecule has 1 heterocycles. The van der Waals surface area contributed by atoms with Crippen LogP contribution >= 0.6 is 0 Å². The number of hydrogen-bond acceptors (Lipinski definition) is 10. The van der Waals surface area contributed by atoms with Crippen LogP contribution in [0, 0.1) is 0 Å². The lowest BCUT2D eigenvalue weighted by Crippen LogP contribution is -2.71. The standard InChI is InChI=1S/C51H62N8O9/c1-30-40(62)55-49(6,7)46(68)58-51(10,29-60)59-50(8,9)45(67)54-37(27-31-20-24-35(25-21-31)39(61)34-17-12-11-13-18-34)41(63)57-48(4,5)44(66)53-38(42(64)56-47(2,3)43(65)52-30)28-32-22-23-33-16-14-15-19-36(33)26-32/h11-26,29-30,37-38,59H,27-28H2,1-10H3,(H,52,65)(H,53,66)(H,54,67)(H,55,62)(H,56,64)(H,57,63)(H,58,68). The van der Waals surface area contributed by atoms with Crippen molar-refractivity contribution in [3.05, 3.63) is 119 Å². The van der Waals surface area contributed by atoms with Gasteiger partial charge in [-0.2, -0.15) is 0 Å². The number of benzene rings is 4. The van der Waals surface area contributed by atoms with Crippen LogP contribution in [-0.4, -0.2) is 99.4 Å². The molecule has 0 spiro atoms. The summed E-state index contributed by atoms with van der Waals surface area (Å²) in [7, 11) is 0. The molecule has 0 radical (unpaired) electrons. The molecule has 17 heteroatoms. The van der Waals surface area contributed by atoms with Gasteiger partial charge in [-0.25, -0.2) is 0 Å². The first-order valence-electron chi connectivity index (χ1n) is 22.3. The van der Waals surface area contributed by atoms with Gasteiger partial charge in [0.15, 0.2) is 12.1 Å². The van der Waals surface area contributed by atoms with E-state index in [0.717, 1.165) is 10.8 Å². The number of fused-ring (bicyclic) bond motifs is 1. The van der Waals surface area contributed by atoms with Crippen molar-refractivity contribution in [1.29, 1.82) is 0 Å². The predicted octanol–water partition coefficient (Wildman–Crippen LogP) is 2.43. The van der Waals surface area contributed by atoms with Crippen molar-refractivity contribution in [2.45, 2.75) is 128 Å². The topological polar surface area (TPSA) is 250 Å². The van der Waals surface area contributed by atoms with Crippen molar-refractivity contribution in [1.82, 2.24) is 42.5 Å². The van der Waals surface area contributed by atoms with Crippen LogP contribution in [0.5, 0.6) is 0 Å². The summed E-state index contributed by atoms with van der Waals surface area (Å²) >= 11 is 0. The summed E-state index contributed by atoms with van der Waals surface area (Å²) < 4.78 is 0. The number of aldehydes is 1. The third-order valence-corrected chi connectivity index (χ3v) is 11.7. The van der Waals surface area contributed by atoms with E-state index in [1.165, 1.54) is 69.2 Å². The van der Waals surface area contributed by atoms with Gasteiger partial charge in [0, 0.05) is 24.0 Å². The van der Waals surface area contributed by atoms with Crippen molar-refractivity contribution in [2.75, 3.05) is 0 Å². The van der Waals surface area contributed by atoms with Gasteiger partial charge >= 0.3 is 0 Å². The molecule has 17 nitrogen and oxygen atoms in total. The molecule has 0 bridgehead atoms. The quantitative estimate of drug-likeness (QED) is 0.0994. The van der Waals surface area contributed by atoms with Crippen LogP contribution in [0.1, 0.15) is 96.3 Å². The van der Waals surface area contributed by atoms with E-state index < -0.39 is 87.3 Å². The van der Waals surface area contributed by atoms with Crippen LogP contribution in [0.3, 0.4) is 0 Å². The first kappa shape index (κ1) is 51.7. The Balaban J connectivity index is 1.53. The van der Waals surface area contributed by atoms with Crippen LogP contribution in [0.15, 0.2) is 97.1 Å². The third-order valence-electron chi connectivity index (χ3n) is 11.7. The predicted molar refractivity (Wildman–Crippen MR) is 256 cm³/mol. The van der Waals surface area contributed by atoms with E-state index >= 15 is 0 Å². The highest BCUT2D eigenvalue weighted by Crippen LogP contribution is 2.20. The number of hydrogen-bond donors (Lipinski definition) is 8. The zero-order valence-electron chi connectivity index (χ0n) is 40.1. The number of rotatable bonds is 7. The van der Waals surface area contributed by atoms with Crippen molar-refractivity contribution in [2.24, 2.45) is 0 Å². The Morgan fingerprint density at radius 1 is 0.485 bits per heavy atom. The average Bonchev–Trinajstić information content (AvgIpc) is 3.27. The number of ketones is 1. The largest absolute Gasteiger partial charge is 0.343 e. The molecule has 0 saturated carbocycles. The van der Waals surface area contributed by atoms with Gasteiger partial charge in [-0.3, -0.25) is 48.5 Å². The Morgan fingerprint density at radius 3 is 1.49 bits per heavy atom. The lowest BCUT2D eigenvalue weighted by atomic mass is 9.95. The van der Waals surface area contributed by atoms with Crippen LogP contribution in [0.2, 0.25) is 0 Å². The van der Waals surface area contributed by atoms with Gasteiger partial charge in [0.1, 0.15) is 40.4 Å². The summed E-state index contributed by atoms with van der Waals surface area (Å²) in [6.07, 6.45) is 0.196. The minimum absolute atomic E-state index is 0.0384. The minimum atomic E-state index is -1.92. The third kappa shape index (κ3) is 12.8. The molecule has 0 aliphatic carbocycles. The Bertz CT molecular complexity index is 2610. The molecule has 8 N–H and O–H groups in total. The summed E-state index contributed by atoms with van der Waals surface area (Å²) in [5.41, 5.74) is -6.62. The molecular formula is C51H62N8O9. The van der Waals surface area contributed by atoms with Crippen molar-refractivity contribution < 1.29 is 43.2 Å². The first-order valence-corrected chi connectivity index (χ1v) is 22.3. The Kier molecular flexibility index (Phi) is 15.4. The van der Waals surface area contributed by atoms with E-state index in [1.807, 2.05) is 42.5 Å². The summed E-state index contributed by atoms with van der Waals surface area (Å²) in [6, 6.07) is 24.4. The second-order valence-electron chi connectivity index (χ2n) is 19.6. The molecule has 1 aliphatic heterocycles. The second-order valence-corrected chi connectivity index (χ2v) is 19.6. The molecule has 360 valence electrons. The van der Waals surface area contributed by atoms with Gasteiger partial charge < -0.3 is 37.2 Å². The van der Waals surface area contributed by atoms with Gasteiger partial charge in [-0.05, 0) is 91.1 Å². The average molecular weight is 931 g/mol. The summed E-state index contributed by atoms with van der Waals surface area (Å²) in [4.78, 5) is 124. The van der Waals surface area contributed by atoms with E-state index in [-0.39, 0.29) is 18.6 Å². The van der Waals surface area contributed by atoms with Gasteiger partial charge in [0.25, 0.3) is 0 Å². The lowest BCUT2D eigenvalue weighted by Gasteiger charge is -2.38. The summed E-state index contributed by atoms with van der Waals surface area (Å²) in [5.74, 6) is -5.73. The van der Waals surface area contributed by atoms with Crippen molar-refractivity contribution >= 4 is 64.2 Å². The highest BCUT2D eigenvalue weighted by molar-refractivity contribution is 6.09. The maximum absolute atomic E-state index is 14.5. The highest BCUT2D eigenvalue weighted by atomic mass is 16.2. The van der Waals surface area contributed by atoms with E-state index in [4.69, 9.17) is 0 Å². The first-order chi connectivity index (χ1) is 31.6. The van der Waals surface area contributed by atoms with E-state index in [9.17, 15) is 43.2 Å². The molecule has 4 aromatic rings. The SMILES string of the molecule is CC1NC(=O)C(C)(C)NC(=O)C(Cc2ccc3ccccc3c2)NC(=O)C(C)(C)NC(=O)C(Cc2ccc(C(=O)c3ccccc3)cc2)NC(=O)C(C)(C)NC(C)(C=O)NC(=O)C(C)(C)NC1=O. The Labute approximate surface area is 396 Å². The van der Waals surface area contributed by atoms with Gasteiger partial charge in [-0.1, -0.05) is 97.1 Å². The molecule has 7 amide bonds. The van der Waals surface area contributed by atoms with Crippen LogP contribution < -0.4 is 42.5 Å². The lowest BCUT2D eigenvalue weighted by molar-refractivity contribution is -0.139. The summed E-state index contributed by atoms with van der Waals surface area (Å²) in [6.45, 7) is 14.0. The van der Waals surface area contributed by atoms with Gasteiger partial charge in [0.05, 0.1) is 5.54 Å². The fourth-order valence-corrected chi connectivity index (χ4v) is 7.49. The maximum atomic E-state index is 14.5.